The number of carbonyl (C=O) groups excluding carboxylic acids is 3. The number of hydrogen-bond acceptors (Lipinski definition) is 6. The van der Waals surface area contributed by atoms with Crippen LogP contribution in [-0.4, -0.2) is 82.0 Å². The van der Waals surface area contributed by atoms with Crippen molar-refractivity contribution in [2.45, 2.75) is 76.5 Å². The van der Waals surface area contributed by atoms with Crippen LogP contribution in [0, 0.1) is 5.92 Å². The van der Waals surface area contributed by atoms with E-state index in [-0.39, 0.29) is 18.9 Å². The van der Waals surface area contributed by atoms with Gasteiger partial charge in [-0.2, -0.15) is 0 Å². The highest BCUT2D eigenvalue weighted by molar-refractivity contribution is 5.96. The van der Waals surface area contributed by atoms with Crippen molar-refractivity contribution in [2.75, 3.05) is 13.1 Å². The number of amides is 3. The van der Waals surface area contributed by atoms with Crippen LogP contribution in [0.25, 0.3) is 0 Å². The summed E-state index contributed by atoms with van der Waals surface area (Å²) in [5, 5.41) is 26.6. The van der Waals surface area contributed by atoms with Crippen molar-refractivity contribution < 1.29 is 34.2 Å². The van der Waals surface area contributed by atoms with E-state index in [0.717, 1.165) is 6.42 Å². The van der Waals surface area contributed by atoms with Gasteiger partial charge in [0.25, 0.3) is 0 Å². The van der Waals surface area contributed by atoms with E-state index < -0.39 is 60.2 Å². The molecule has 0 aliphatic carbocycles. The summed E-state index contributed by atoms with van der Waals surface area (Å²) in [6.07, 6.45) is 1.90. The highest BCUT2D eigenvalue weighted by atomic mass is 16.4. The fourth-order valence-corrected chi connectivity index (χ4v) is 4.02. The number of rotatable bonds is 10. The first-order chi connectivity index (χ1) is 14.6. The molecule has 2 saturated heterocycles. The average Bonchev–Trinajstić information content (AvgIpc) is 3.37. The van der Waals surface area contributed by atoms with Gasteiger partial charge in [0.15, 0.2) is 0 Å². The molecule has 4 atom stereocenters. The molecular formula is C20H32N4O7. The first-order valence-corrected chi connectivity index (χ1v) is 10.7. The van der Waals surface area contributed by atoms with Crippen molar-refractivity contribution in [3.05, 3.63) is 0 Å². The molecule has 31 heavy (non-hydrogen) atoms. The van der Waals surface area contributed by atoms with E-state index in [1.165, 1.54) is 4.90 Å². The molecule has 2 fully saturated rings. The van der Waals surface area contributed by atoms with Crippen molar-refractivity contribution in [2.24, 2.45) is 5.92 Å². The fraction of sp³-hybridized carbons (Fsp3) is 0.750. The molecule has 2 rings (SSSR count). The van der Waals surface area contributed by atoms with Gasteiger partial charge in [-0.3, -0.25) is 19.2 Å². The third-order valence-electron chi connectivity index (χ3n) is 5.53. The smallest absolute Gasteiger partial charge is 0.326 e. The largest absolute Gasteiger partial charge is 0.481 e. The highest BCUT2D eigenvalue weighted by Crippen LogP contribution is 2.20. The molecule has 2 aliphatic rings. The molecule has 11 heteroatoms. The van der Waals surface area contributed by atoms with Crippen LogP contribution in [-0.2, 0) is 24.0 Å². The monoisotopic (exact) mass is 440 g/mol. The third-order valence-corrected chi connectivity index (χ3v) is 5.53. The maximum atomic E-state index is 13.1. The first kappa shape index (κ1) is 24.6. The standard InChI is InChI=1S/C20H32N4O7/c1-11(2)9-14(20(30)31)23-18(28)15-6-4-8-24(15)19(29)13(10-16(25)26)22-17(27)12-5-3-7-21-12/h11-15,21H,3-10H2,1-2H3,(H,22,27)(H,23,28)(H,25,26)(H,30,31). The minimum absolute atomic E-state index is 0.0436. The SMILES string of the molecule is CC(C)CC(NC(=O)C1CCCN1C(=O)C(CC(=O)O)NC(=O)C1CCCN1)C(=O)O. The Labute approximate surface area is 180 Å². The van der Waals surface area contributed by atoms with Crippen LogP contribution >= 0.6 is 0 Å². The summed E-state index contributed by atoms with van der Waals surface area (Å²) in [6, 6.07) is -3.76. The molecule has 0 aromatic carbocycles. The summed E-state index contributed by atoms with van der Waals surface area (Å²) < 4.78 is 0. The number of aliphatic carboxylic acids is 2. The van der Waals surface area contributed by atoms with Crippen LogP contribution in [0.2, 0.25) is 0 Å². The number of carboxylic acids is 2. The Kier molecular flexibility index (Phi) is 8.78. The molecule has 4 unspecified atom stereocenters. The Bertz CT molecular complexity index is 706. The summed E-state index contributed by atoms with van der Waals surface area (Å²) in [5.41, 5.74) is 0. The van der Waals surface area contributed by atoms with Crippen molar-refractivity contribution in [3.63, 3.8) is 0 Å². The summed E-state index contributed by atoms with van der Waals surface area (Å²) in [6.45, 7) is 4.58. The Morgan fingerprint density at radius 1 is 1.00 bits per heavy atom. The van der Waals surface area contributed by atoms with Crippen LogP contribution in [0.1, 0.15) is 52.4 Å². The van der Waals surface area contributed by atoms with E-state index in [9.17, 15) is 34.2 Å². The number of carbonyl (C=O) groups is 5. The normalized spacial score (nSPS) is 22.7. The molecule has 3 amide bonds. The summed E-state index contributed by atoms with van der Waals surface area (Å²) in [5.74, 6) is -4.04. The van der Waals surface area contributed by atoms with E-state index >= 15 is 0 Å². The van der Waals surface area contributed by atoms with Gasteiger partial charge in [-0.15, -0.1) is 0 Å². The van der Waals surface area contributed by atoms with E-state index in [1.807, 2.05) is 13.8 Å². The summed E-state index contributed by atoms with van der Waals surface area (Å²) in [4.78, 5) is 62.2. The topological polar surface area (TPSA) is 165 Å². The minimum atomic E-state index is -1.30. The van der Waals surface area contributed by atoms with Gasteiger partial charge in [0.1, 0.15) is 18.1 Å². The zero-order chi connectivity index (χ0) is 23.1. The van der Waals surface area contributed by atoms with Crippen molar-refractivity contribution >= 4 is 29.7 Å². The number of carboxylic acid groups (broad SMARTS) is 2. The van der Waals surface area contributed by atoms with Gasteiger partial charge >= 0.3 is 11.9 Å². The lowest BCUT2D eigenvalue weighted by Gasteiger charge is -2.29. The second-order valence-corrected chi connectivity index (χ2v) is 8.53. The second-order valence-electron chi connectivity index (χ2n) is 8.53. The van der Waals surface area contributed by atoms with Crippen LogP contribution in [0.15, 0.2) is 0 Å². The van der Waals surface area contributed by atoms with Gasteiger partial charge < -0.3 is 31.1 Å². The summed E-state index contributed by atoms with van der Waals surface area (Å²) >= 11 is 0. The van der Waals surface area contributed by atoms with E-state index in [1.54, 1.807) is 0 Å². The fourth-order valence-electron chi connectivity index (χ4n) is 4.02. The van der Waals surface area contributed by atoms with Crippen molar-refractivity contribution in [3.8, 4) is 0 Å². The number of nitrogens with zero attached hydrogens (tertiary/aromatic N) is 1. The predicted molar refractivity (Wildman–Crippen MR) is 109 cm³/mol. The molecule has 0 radical (unpaired) electrons. The highest BCUT2D eigenvalue weighted by Gasteiger charge is 2.40. The molecule has 11 nitrogen and oxygen atoms in total. The lowest BCUT2D eigenvalue weighted by atomic mass is 10.0. The summed E-state index contributed by atoms with van der Waals surface area (Å²) in [7, 11) is 0. The second kappa shape index (κ2) is 11.1. The Morgan fingerprint density at radius 2 is 1.68 bits per heavy atom. The minimum Gasteiger partial charge on any atom is -0.481 e. The Hall–Kier alpha value is -2.69. The number of nitrogens with one attached hydrogen (secondary N) is 3. The van der Waals surface area contributed by atoms with Gasteiger partial charge in [-0.25, -0.2) is 4.79 Å². The maximum absolute atomic E-state index is 13.1. The number of hydrogen-bond donors (Lipinski definition) is 5. The van der Waals surface area contributed by atoms with Gasteiger partial charge in [0.05, 0.1) is 12.5 Å². The first-order valence-electron chi connectivity index (χ1n) is 10.7. The molecule has 0 bridgehead atoms. The van der Waals surface area contributed by atoms with Crippen molar-refractivity contribution in [1.82, 2.24) is 20.9 Å². The quantitative estimate of drug-likeness (QED) is 0.298. The van der Waals surface area contributed by atoms with Crippen LogP contribution in [0.3, 0.4) is 0 Å². The zero-order valence-electron chi connectivity index (χ0n) is 17.9. The molecular weight excluding hydrogens is 408 g/mol. The molecule has 2 heterocycles. The third kappa shape index (κ3) is 6.91. The van der Waals surface area contributed by atoms with Crippen molar-refractivity contribution in [1.29, 1.82) is 0 Å². The molecule has 174 valence electrons. The van der Waals surface area contributed by atoms with Crippen LogP contribution in [0.5, 0.6) is 0 Å². The number of likely N-dealkylation sites (tertiary alicyclic amines) is 1. The molecule has 0 aromatic heterocycles. The van der Waals surface area contributed by atoms with Crippen LogP contribution < -0.4 is 16.0 Å². The average molecular weight is 440 g/mol. The lowest BCUT2D eigenvalue weighted by molar-refractivity contribution is -0.147. The van der Waals surface area contributed by atoms with E-state index in [4.69, 9.17) is 0 Å². The predicted octanol–water partition coefficient (Wildman–Crippen LogP) is -0.696. The molecule has 0 aromatic rings. The maximum Gasteiger partial charge on any atom is 0.326 e. The van der Waals surface area contributed by atoms with Gasteiger partial charge in [0, 0.05) is 6.54 Å². The van der Waals surface area contributed by atoms with Crippen LogP contribution in [0.4, 0.5) is 0 Å². The molecule has 2 aliphatic heterocycles. The van der Waals surface area contributed by atoms with Gasteiger partial charge in [-0.05, 0) is 44.6 Å². The lowest BCUT2D eigenvalue weighted by Crippen LogP contribution is -2.57. The molecule has 0 saturated carbocycles. The zero-order valence-corrected chi connectivity index (χ0v) is 17.9. The Morgan fingerprint density at radius 3 is 2.23 bits per heavy atom. The van der Waals surface area contributed by atoms with E-state index in [0.29, 0.717) is 25.8 Å². The Balaban J connectivity index is 2.09. The molecule has 0 spiro atoms. The van der Waals surface area contributed by atoms with Gasteiger partial charge in [0.2, 0.25) is 17.7 Å². The van der Waals surface area contributed by atoms with E-state index in [2.05, 4.69) is 16.0 Å². The molecule has 5 N–H and O–H groups in total. The van der Waals surface area contributed by atoms with Gasteiger partial charge in [-0.1, -0.05) is 13.8 Å².